The number of hydrogen-bond acceptors (Lipinski definition) is 3. The molecule has 1 rings (SSSR count). The van der Waals surface area contributed by atoms with Crippen molar-refractivity contribution in [1.29, 1.82) is 0 Å². The minimum Gasteiger partial charge on any atom is -0.365 e. The van der Waals surface area contributed by atoms with E-state index in [1.54, 1.807) is 7.05 Å². The molecule has 0 aromatic rings. The highest BCUT2D eigenvalue weighted by Gasteiger charge is 2.14. The molecule has 0 heterocycles. The Morgan fingerprint density at radius 2 is 1.91 bits per heavy atom. The molecular formula is C8H18N2O. The van der Waals surface area contributed by atoms with Crippen molar-refractivity contribution in [2.75, 3.05) is 7.05 Å². The van der Waals surface area contributed by atoms with Crippen LogP contribution in [0.25, 0.3) is 0 Å². The summed E-state index contributed by atoms with van der Waals surface area (Å²) >= 11 is 0. The van der Waals surface area contributed by atoms with Crippen LogP contribution in [0.5, 0.6) is 0 Å². The van der Waals surface area contributed by atoms with Gasteiger partial charge in [0.1, 0.15) is 0 Å². The van der Waals surface area contributed by atoms with Gasteiger partial charge in [-0.2, -0.15) is 0 Å². The van der Waals surface area contributed by atoms with Crippen molar-refractivity contribution in [2.24, 2.45) is 0 Å². The van der Waals surface area contributed by atoms with Crippen LogP contribution < -0.4 is 10.6 Å². The average molecular weight is 158 g/mol. The fourth-order valence-corrected chi connectivity index (χ4v) is 1.58. The molecule has 11 heavy (non-hydrogen) atoms. The lowest BCUT2D eigenvalue weighted by atomic mass is 9.96. The van der Waals surface area contributed by atoms with E-state index in [4.69, 9.17) is 0 Å². The topological polar surface area (TPSA) is 44.3 Å². The minimum absolute atomic E-state index is 0.520. The molecule has 1 saturated carbocycles. The minimum atomic E-state index is -0.530. The molecule has 0 radical (unpaired) electrons. The van der Waals surface area contributed by atoms with E-state index in [9.17, 15) is 5.11 Å². The first-order valence-electron chi connectivity index (χ1n) is 4.44. The van der Waals surface area contributed by atoms with E-state index in [1.165, 1.54) is 32.1 Å². The Bertz CT molecular complexity index is 102. The summed E-state index contributed by atoms with van der Waals surface area (Å²) in [6.45, 7) is 0. The van der Waals surface area contributed by atoms with E-state index in [0.29, 0.717) is 6.04 Å². The van der Waals surface area contributed by atoms with E-state index < -0.39 is 6.35 Å². The summed E-state index contributed by atoms with van der Waals surface area (Å²) in [5.41, 5.74) is 0. The standard InChI is InChI=1S/C8H18N2O/c1-9-8(11)10-7-5-3-2-4-6-7/h7-11H,2-6H2,1H3. The zero-order valence-electron chi connectivity index (χ0n) is 7.14. The fourth-order valence-electron chi connectivity index (χ4n) is 1.58. The molecule has 1 fully saturated rings. The van der Waals surface area contributed by atoms with Gasteiger partial charge in [0.2, 0.25) is 0 Å². The molecule has 1 aliphatic carbocycles. The van der Waals surface area contributed by atoms with Gasteiger partial charge in [0, 0.05) is 6.04 Å². The third-order valence-corrected chi connectivity index (χ3v) is 2.27. The molecule has 0 spiro atoms. The molecule has 3 heteroatoms. The van der Waals surface area contributed by atoms with Crippen LogP contribution in [0.15, 0.2) is 0 Å². The smallest absolute Gasteiger partial charge is 0.160 e. The van der Waals surface area contributed by atoms with Gasteiger partial charge in [0.25, 0.3) is 0 Å². The van der Waals surface area contributed by atoms with Crippen LogP contribution >= 0.6 is 0 Å². The predicted octanol–water partition coefficient (Wildman–Crippen LogP) is 0.404. The third-order valence-electron chi connectivity index (χ3n) is 2.27. The third kappa shape index (κ3) is 3.18. The van der Waals surface area contributed by atoms with Gasteiger partial charge in [-0.3, -0.25) is 10.6 Å². The largest absolute Gasteiger partial charge is 0.365 e. The molecule has 1 unspecified atom stereocenters. The molecule has 66 valence electrons. The molecule has 3 N–H and O–H groups in total. The van der Waals surface area contributed by atoms with Crippen LogP contribution in [0, 0.1) is 0 Å². The zero-order valence-corrected chi connectivity index (χ0v) is 7.14. The lowest BCUT2D eigenvalue weighted by Gasteiger charge is -2.25. The molecule has 0 bridgehead atoms. The second-order valence-electron chi connectivity index (χ2n) is 3.19. The lowest BCUT2D eigenvalue weighted by molar-refractivity contribution is 0.0888. The summed E-state index contributed by atoms with van der Waals surface area (Å²) in [5.74, 6) is 0. The van der Waals surface area contributed by atoms with E-state index in [-0.39, 0.29) is 0 Å². The number of hydrogen-bond donors (Lipinski definition) is 3. The second kappa shape index (κ2) is 4.70. The van der Waals surface area contributed by atoms with Gasteiger partial charge in [-0.1, -0.05) is 19.3 Å². The summed E-state index contributed by atoms with van der Waals surface area (Å²) in [7, 11) is 1.75. The Kier molecular flexibility index (Phi) is 3.83. The quantitative estimate of drug-likeness (QED) is 0.521. The van der Waals surface area contributed by atoms with Gasteiger partial charge in [-0.15, -0.1) is 0 Å². The zero-order chi connectivity index (χ0) is 8.10. The predicted molar refractivity (Wildman–Crippen MR) is 45.1 cm³/mol. The van der Waals surface area contributed by atoms with Crippen molar-refractivity contribution in [3.8, 4) is 0 Å². The van der Waals surface area contributed by atoms with Crippen LogP contribution in [-0.2, 0) is 0 Å². The maximum Gasteiger partial charge on any atom is 0.160 e. The van der Waals surface area contributed by atoms with Crippen LogP contribution in [0.3, 0.4) is 0 Å². The first-order valence-corrected chi connectivity index (χ1v) is 4.44. The van der Waals surface area contributed by atoms with Crippen LogP contribution in [0.2, 0.25) is 0 Å². The van der Waals surface area contributed by atoms with E-state index in [2.05, 4.69) is 10.6 Å². The Labute approximate surface area is 68.2 Å². The van der Waals surface area contributed by atoms with Crippen molar-refractivity contribution in [3.05, 3.63) is 0 Å². The average Bonchev–Trinajstić information content (AvgIpc) is 2.06. The Morgan fingerprint density at radius 1 is 1.27 bits per heavy atom. The van der Waals surface area contributed by atoms with Crippen LogP contribution in [0.4, 0.5) is 0 Å². The second-order valence-corrected chi connectivity index (χ2v) is 3.19. The number of rotatable bonds is 3. The molecule has 1 atom stereocenters. The first kappa shape index (κ1) is 8.97. The Hall–Kier alpha value is -0.120. The number of nitrogens with one attached hydrogen (secondary N) is 2. The maximum absolute atomic E-state index is 9.19. The molecule has 0 amide bonds. The highest BCUT2D eigenvalue weighted by atomic mass is 16.3. The number of aliphatic hydroxyl groups excluding tert-OH is 1. The van der Waals surface area contributed by atoms with Crippen molar-refractivity contribution in [1.82, 2.24) is 10.6 Å². The molecular weight excluding hydrogens is 140 g/mol. The van der Waals surface area contributed by atoms with Crippen LogP contribution in [0.1, 0.15) is 32.1 Å². The van der Waals surface area contributed by atoms with Crippen molar-refractivity contribution >= 4 is 0 Å². The molecule has 0 aromatic heterocycles. The highest BCUT2D eigenvalue weighted by Crippen LogP contribution is 2.17. The normalized spacial score (nSPS) is 23.5. The molecule has 1 aliphatic rings. The van der Waals surface area contributed by atoms with E-state index in [1.807, 2.05) is 0 Å². The van der Waals surface area contributed by atoms with Gasteiger partial charge in [-0.25, -0.2) is 0 Å². The van der Waals surface area contributed by atoms with Gasteiger partial charge in [-0.05, 0) is 19.9 Å². The van der Waals surface area contributed by atoms with E-state index in [0.717, 1.165) is 0 Å². The Morgan fingerprint density at radius 3 is 2.45 bits per heavy atom. The number of aliphatic hydroxyl groups is 1. The summed E-state index contributed by atoms with van der Waals surface area (Å²) in [5, 5.41) is 15.1. The molecule has 0 saturated heterocycles. The van der Waals surface area contributed by atoms with E-state index >= 15 is 0 Å². The monoisotopic (exact) mass is 158 g/mol. The van der Waals surface area contributed by atoms with Gasteiger partial charge < -0.3 is 5.11 Å². The molecule has 0 aromatic carbocycles. The van der Waals surface area contributed by atoms with Gasteiger partial charge >= 0.3 is 0 Å². The summed E-state index contributed by atoms with van der Waals surface area (Å²) < 4.78 is 0. The molecule has 0 aliphatic heterocycles. The Balaban J connectivity index is 2.13. The lowest BCUT2D eigenvalue weighted by Crippen LogP contribution is -2.46. The first-order chi connectivity index (χ1) is 5.33. The SMILES string of the molecule is CNC(O)NC1CCCCC1. The van der Waals surface area contributed by atoms with Crippen molar-refractivity contribution in [2.45, 2.75) is 44.5 Å². The van der Waals surface area contributed by atoms with Gasteiger partial charge in [0.15, 0.2) is 6.35 Å². The van der Waals surface area contributed by atoms with Crippen molar-refractivity contribution < 1.29 is 5.11 Å². The summed E-state index contributed by atoms with van der Waals surface area (Å²) in [6, 6.07) is 0.520. The summed E-state index contributed by atoms with van der Waals surface area (Å²) in [6.07, 6.45) is 5.84. The molecule has 3 nitrogen and oxygen atoms in total. The maximum atomic E-state index is 9.19. The fraction of sp³-hybridized carbons (Fsp3) is 1.00. The van der Waals surface area contributed by atoms with Crippen LogP contribution in [-0.4, -0.2) is 24.5 Å². The highest BCUT2D eigenvalue weighted by molar-refractivity contribution is 4.71. The van der Waals surface area contributed by atoms with Crippen molar-refractivity contribution in [3.63, 3.8) is 0 Å². The summed E-state index contributed by atoms with van der Waals surface area (Å²) in [4.78, 5) is 0. The van der Waals surface area contributed by atoms with Gasteiger partial charge in [0.05, 0.1) is 0 Å².